The van der Waals surface area contributed by atoms with Gasteiger partial charge in [0.05, 0.1) is 17.9 Å². The second-order valence-corrected chi connectivity index (χ2v) is 7.19. The number of carbonyl (C=O) groups is 1. The molecule has 4 heteroatoms. The van der Waals surface area contributed by atoms with Crippen LogP contribution in [-0.4, -0.2) is 23.9 Å². The molecule has 0 aliphatic carbocycles. The van der Waals surface area contributed by atoms with E-state index in [1.165, 1.54) is 33.0 Å². The number of aliphatic imine (C=N–C) groups is 1. The Morgan fingerprint density at radius 3 is 2.40 bits per heavy atom. The molecule has 0 fully saturated rings. The first-order valence-electron chi connectivity index (χ1n) is 9.86. The Morgan fingerprint density at radius 2 is 1.63 bits per heavy atom. The smallest absolute Gasteiger partial charge is 0.338 e. The Kier molecular flexibility index (Phi) is 4.32. The van der Waals surface area contributed by atoms with Crippen molar-refractivity contribution in [3.63, 3.8) is 0 Å². The van der Waals surface area contributed by atoms with Crippen LogP contribution >= 0.6 is 0 Å². The maximum atomic E-state index is 12.0. The standard InChI is InChI=1S/C26H19NO3/c1-2-30-26(29)19-10-13-23(28)20(14-19)15-27-22-12-9-18-7-6-16-4-3-5-17-8-11-21(22)25(18)24(16)17/h3-15,28H,2H2,1H3. The third-order valence-electron chi connectivity index (χ3n) is 5.39. The summed E-state index contributed by atoms with van der Waals surface area (Å²) in [5.74, 6) is -0.362. The average molecular weight is 393 g/mol. The zero-order valence-electron chi connectivity index (χ0n) is 16.4. The fraction of sp³-hybridized carbons (Fsp3) is 0.0769. The molecule has 5 rings (SSSR count). The van der Waals surface area contributed by atoms with Crippen molar-refractivity contribution in [1.82, 2.24) is 0 Å². The Morgan fingerprint density at radius 1 is 0.933 bits per heavy atom. The lowest BCUT2D eigenvalue weighted by atomic mass is 9.93. The number of nitrogens with zero attached hydrogens (tertiary/aromatic N) is 1. The van der Waals surface area contributed by atoms with Crippen LogP contribution in [0.1, 0.15) is 22.8 Å². The summed E-state index contributed by atoms with van der Waals surface area (Å²) in [4.78, 5) is 16.7. The largest absolute Gasteiger partial charge is 0.507 e. The molecule has 0 radical (unpaired) electrons. The normalized spacial score (nSPS) is 11.8. The summed E-state index contributed by atoms with van der Waals surface area (Å²) < 4.78 is 5.04. The molecule has 0 aromatic heterocycles. The number of carbonyl (C=O) groups excluding carboxylic acids is 1. The van der Waals surface area contributed by atoms with Gasteiger partial charge >= 0.3 is 5.97 Å². The highest BCUT2D eigenvalue weighted by Gasteiger charge is 2.11. The minimum absolute atomic E-state index is 0.0597. The number of aromatic hydroxyl groups is 1. The van der Waals surface area contributed by atoms with Crippen LogP contribution in [0.5, 0.6) is 5.75 Å². The van der Waals surface area contributed by atoms with Crippen molar-refractivity contribution in [2.45, 2.75) is 6.92 Å². The minimum Gasteiger partial charge on any atom is -0.507 e. The molecule has 0 atom stereocenters. The number of hydrogen-bond donors (Lipinski definition) is 1. The third-order valence-corrected chi connectivity index (χ3v) is 5.39. The van der Waals surface area contributed by atoms with Crippen molar-refractivity contribution in [1.29, 1.82) is 0 Å². The molecule has 146 valence electrons. The predicted octanol–water partition coefficient (Wildman–Crippen LogP) is 6.22. The number of phenolic OH excluding ortho intramolecular Hbond substituents is 1. The van der Waals surface area contributed by atoms with Crippen LogP contribution in [0, 0.1) is 0 Å². The van der Waals surface area contributed by atoms with Crippen LogP contribution in [0.15, 0.2) is 77.8 Å². The first kappa shape index (κ1) is 18.1. The van der Waals surface area contributed by atoms with E-state index in [1.54, 1.807) is 25.3 Å². The summed E-state index contributed by atoms with van der Waals surface area (Å²) in [6.45, 7) is 2.06. The SMILES string of the molecule is CCOC(=O)c1ccc(O)c(C=Nc2ccc3ccc4cccc5ccc2c3c45)c1. The van der Waals surface area contributed by atoms with E-state index in [0.29, 0.717) is 17.7 Å². The maximum absolute atomic E-state index is 12.0. The number of esters is 1. The number of phenols is 1. The van der Waals surface area contributed by atoms with E-state index in [1.807, 2.05) is 6.07 Å². The van der Waals surface area contributed by atoms with Crippen LogP contribution < -0.4 is 0 Å². The number of hydrogen-bond acceptors (Lipinski definition) is 4. The molecule has 0 unspecified atom stereocenters. The molecule has 0 spiro atoms. The van der Waals surface area contributed by atoms with Gasteiger partial charge in [-0.15, -0.1) is 0 Å². The van der Waals surface area contributed by atoms with Crippen LogP contribution in [0.25, 0.3) is 32.3 Å². The van der Waals surface area contributed by atoms with Crippen LogP contribution in [0.3, 0.4) is 0 Å². The Balaban J connectivity index is 1.63. The van der Waals surface area contributed by atoms with Crippen molar-refractivity contribution in [2.24, 2.45) is 4.99 Å². The van der Waals surface area contributed by atoms with Gasteiger partial charge in [-0.2, -0.15) is 0 Å². The second-order valence-electron chi connectivity index (χ2n) is 7.19. The minimum atomic E-state index is -0.421. The Labute approximate surface area is 173 Å². The quantitative estimate of drug-likeness (QED) is 0.224. The molecule has 5 aromatic carbocycles. The van der Waals surface area contributed by atoms with Gasteiger partial charge in [0, 0.05) is 17.2 Å². The molecule has 0 amide bonds. The van der Waals surface area contributed by atoms with E-state index in [0.717, 1.165) is 11.1 Å². The van der Waals surface area contributed by atoms with E-state index in [2.05, 4.69) is 53.5 Å². The van der Waals surface area contributed by atoms with E-state index in [-0.39, 0.29) is 5.75 Å². The number of ether oxygens (including phenoxy) is 1. The summed E-state index contributed by atoms with van der Waals surface area (Å²) in [5, 5.41) is 17.3. The fourth-order valence-electron chi connectivity index (χ4n) is 3.97. The highest BCUT2D eigenvalue weighted by Crippen LogP contribution is 2.38. The average Bonchev–Trinajstić information content (AvgIpc) is 2.77. The molecule has 0 heterocycles. The molecule has 30 heavy (non-hydrogen) atoms. The van der Waals surface area contributed by atoms with Gasteiger partial charge in [0.2, 0.25) is 0 Å². The molecule has 1 N–H and O–H groups in total. The summed E-state index contributed by atoms with van der Waals surface area (Å²) in [5.41, 5.74) is 1.65. The van der Waals surface area contributed by atoms with Crippen LogP contribution in [0.4, 0.5) is 5.69 Å². The van der Waals surface area contributed by atoms with Gasteiger partial charge in [-0.3, -0.25) is 4.99 Å². The van der Waals surface area contributed by atoms with Crippen LogP contribution in [-0.2, 0) is 4.74 Å². The van der Waals surface area contributed by atoms with Gasteiger partial charge in [0.25, 0.3) is 0 Å². The Bertz CT molecular complexity index is 1420. The molecule has 5 aromatic rings. The monoisotopic (exact) mass is 393 g/mol. The summed E-state index contributed by atoms with van der Waals surface area (Å²) in [6.07, 6.45) is 1.59. The lowest BCUT2D eigenvalue weighted by Crippen LogP contribution is -2.05. The topological polar surface area (TPSA) is 58.9 Å². The first-order valence-corrected chi connectivity index (χ1v) is 9.86. The highest BCUT2D eigenvalue weighted by atomic mass is 16.5. The predicted molar refractivity (Wildman–Crippen MR) is 121 cm³/mol. The van der Waals surface area contributed by atoms with Gasteiger partial charge < -0.3 is 9.84 Å². The van der Waals surface area contributed by atoms with Gasteiger partial charge in [-0.1, -0.05) is 48.5 Å². The van der Waals surface area contributed by atoms with Gasteiger partial charge in [-0.05, 0) is 58.1 Å². The summed E-state index contributed by atoms with van der Waals surface area (Å²) in [6, 6.07) is 23.4. The highest BCUT2D eigenvalue weighted by molar-refractivity contribution is 6.25. The van der Waals surface area contributed by atoms with E-state index < -0.39 is 5.97 Å². The zero-order valence-corrected chi connectivity index (χ0v) is 16.4. The van der Waals surface area contributed by atoms with Gasteiger partial charge in [0.15, 0.2) is 0 Å². The molecule has 0 aliphatic heterocycles. The molecular weight excluding hydrogens is 374 g/mol. The van der Waals surface area contributed by atoms with E-state index in [9.17, 15) is 9.90 Å². The van der Waals surface area contributed by atoms with Gasteiger partial charge in [0.1, 0.15) is 5.75 Å². The van der Waals surface area contributed by atoms with Crippen molar-refractivity contribution < 1.29 is 14.6 Å². The lowest BCUT2D eigenvalue weighted by Gasteiger charge is -2.12. The summed E-state index contributed by atoms with van der Waals surface area (Å²) in [7, 11) is 0. The van der Waals surface area contributed by atoms with Crippen molar-refractivity contribution in [3.05, 3.63) is 83.9 Å². The number of rotatable bonds is 4. The molecule has 0 saturated heterocycles. The van der Waals surface area contributed by atoms with Crippen LogP contribution in [0.2, 0.25) is 0 Å². The fourth-order valence-corrected chi connectivity index (χ4v) is 3.97. The van der Waals surface area contributed by atoms with Crippen molar-refractivity contribution >= 4 is 50.2 Å². The second kappa shape index (κ2) is 7.16. The molecule has 0 saturated carbocycles. The van der Waals surface area contributed by atoms with Crippen molar-refractivity contribution in [3.8, 4) is 5.75 Å². The third kappa shape index (κ3) is 2.94. The molecule has 4 nitrogen and oxygen atoms in total. The van der Waals surface area contributed by atoms with Crippen molar-refractivity contribution in [2.75, 3.05) is 6.61 Å². The van der Waals surface area contributed by atoms with Gasteiger partial charge in [-0.25, -0.2) is 4.79 Å². The van der Waals surface area contributed by atoms with E-state index >= 15 is 0 Å². The Hall–Kier alpha value is -3.92. The molecule has 0 aliphatic rings. The van der Waals surface area contributed by atoms with E-state index in [4.69, 9.17) is 4.74 Å². The lowest BCUT2D eigenvalue weighted by molar-refractivity contribution is 0.0526. The maximum Gasteiger partial charge on any atom is 0.338 e. The summed E-state index contributed by atoms with van der Waals surface area (Å²) >= 11 is 0. The zero-order chi connectivity index (χ0) is 20.7. The molecule has 0 bridgehead atoms. The number of benzene rings is 5. The molecular formula is C26H19NO3. The first-order chi connectivity index (χ1) is 14.7.